The number of pyridine rings is 1. The van der Waals surface area contributed by atoms with Crippen molar-refractivity contribution in [2.75, 3.05) is 0 Å². The van der Waals surface area contributed by atoms with Crippen molar-refractivity contribution >= 4 is 11.5 Å². The lowest BCUT2D eigenvalue weighted by atomic mass is 9.78. The number of benzene rings is 1. The van der Waals surface area contributed by atoms with E-state index < -0.39 is 11.4 Å². The second-order valence-corrected chi connectivity index (χ2v) is 6.98. The van der Waals surface area contributed by atoms with Gasteiger partial charge >= 0.3 is 5.97 Å². The zero-order valence-corrected chi connectivity index (χ0v) is 14.8. The Kier molecular flexibility index (Phi) is 4.41. The lowest BCUT2D eigenvalue weighted by Crippen LogP contribution is -2.35. The van der Waals surface area contributed by atoms with E-state index in [-0.39, 0.29) is 12.4 Å². The molecular formula is C22H19FN2O2. The third-order valence-corrected chi connectivity index (χ3v) is 5.47. The summed E-state index contributed by atoms with van der Waals surface area (Å²) in [5, 5.41) is 9.49. The van der Waals surface area contributed by atoms with Gasteiger partial charge in [-0.25, -0.2) is 4.39 Å². The summed E-state index contributed by atoms with van der Waals surface area (Å²) in [5.41, 5.74) is 1.40. The number of rotatable bonds is 4. The van der Waals surface area contributed by atoms with Crippen LogP contribution in [0.2, 0.25) is 0 Å². The minimum Gasteiger partial charge on any atom is -0.460 e. The van der Waals surface area contributed by atoms with E-state index in [2.05, 4.69) is 6.07 Å². The van der Waals surface area contributed by atoms with E-state index in [1.807, 2.05) is 28.8 Å². The molecule has 0 N–H and O–H groups in total. The largest absolute Gasteiger partial charge is 0.460 e. The van der Waals surface area contributed by atoms with E-state index in [1.165, 1.54) is 6.07 Å². The summed E-state index contributed by atoms with van der Waals surface area (Å²) in [5.74, 6) is -0.784. The molecule has 1 fully saturated rings. The fourth-order valence-electron chi connectivity index (χ4n) is 4.11. The predicted octanol–water partition coefficient (Wildman–Crippen LogP) is 4.51. The zero-order valence-electron chi connectivity index (χ0n) is 14.8. The number of hydrogen-bond donors (Lipinski definition) is 0. The molecule has 1 aliphatic rings. The van der Waals surface area contributed by atoms with Crippen molar-refractivity contribution in [2.24, 2.45) is 0 Å². The van der Waals surface area contributed by atoms with Gasteiger partial charge in [0.05, 0.1) is 16.5 Å². The van der Waals surface area contributed by atoms with E-state index in [9.17, 15) is 14.4 Å². The van der Waals surface area contributed by atoms with Gasteiger partial charge in [-0.3, -0.25) is 4.79 Å². The van der Waals surface area contributed by atoms with Crippen molar-refractivity contribution in [1.29, 1.82) is 5.26 Å². The molecule has 0 saturated heterocycles. The maximum atomic E-state index is 14.4. The number of ether oxygens (including phenoxy) is 1. The van der Waals surface area contributed by atoms with Crippen molar-refractivity contribution in [3.05, 3.63) is 77.4 Å². The van der Waals surface area contributed by atoms with Crippen LogP contribution in [-0.2, 0) is 21.6 Å². The normalized spacial score (nSPS) is 15.6. The van der Waals surface area contributed by atoms with Crippen LogP contribution in [-0.4, -0.2) is 10.4 Å². The Morgan fingerprint density at radius 1 is 1.19 bits per heavy atom. The van der Waals surface area contributed by atoms with Crippen molar-refractivity contribution < 1.29 is 13.9 Å². The molecule has 1 aromatic carbocycles. The molecule has 27 heavy (non-hydrogen) atoms. The minimum absolute atomic E-state index is 0.000388. The molecule has 1 saturated carbocycles. The molecule has 0 bridgehead atoms. The van der Waals surface area contributed by atoms with Crippen LogP contribution in [0.3, 0.4) is 0 Å². The van der Waals surface area contributed by atoms with Crippen LogP contribution in [0.5, 0.6) is 0 Å². The summed E-state index contributed by atoms with van der Waals surface area (Å²) in [6.45, 7) is -0.000388. The van der Waals surface area contributed by atoms with E-state index in [0.717, 1.165) is 18.4 Å². The Labute approximate surface area is 156 Å². The SMILES string of the molecule is N#Cc1c(COC(=O)C2(c3ccccc3F)CCCC2)cn2ccccc12. The Bertz CT molecular complexity index is 1040. The molecule has 0 amide bonds. The molecule has 0 atom stereocenters. The van der Waals surface area contributed by atoms with Gasteiger partial charge in [-0.1, -0.05) is 37.1 Å². The zero-order chi connectivity index (χ0) is 18.9. The average Bonchev–Trinajstić information content (AvgIpc) is 3.31. The lowest BCUT2D eigenvalue weighted by molar-refractivity contribution is -0.152. The van der Waals surface area contributed by atoms with Crippen molar-refractivity contribution in [3.63, 3.8) is 0 Å². The summed E-state index contributed by atoms with van der Waals surface area (Å²) in [4.78, 5) is 13.0. The lowest BCUT2D eigenvalue weighted by Gasteiger charge is -2.27. The minimum atomic E-state index is -0.933. The van der Waals surface area contributed by atoms with Crippen LogP contribution < -0.4 is 0 Å². The number of fused-ring (bicyclic) bond motifs is 1. The van der Waals surface area contributed by atoms with E-state index >= 15 is 0 Å². The fourth-order valence-corrected chi connectivity index (χ4v) is 4.11. The standard InChI is InChI=1S/C22H19FN2O2/c23-19-8-2-1-7-18(19)22(10-4-5-11-22)21(26)27-15-16-14-25-12-6-3-9-20(25)17(16)13-24/h1-3,6-9,12,14H,4-5,10-11,15H2. The third kappa shape index (κ3) is 2.87. The van der Waals surface area contributed by atoms with Crippen LogP contribution in [0, 0.1) is 17.1 Å². The van der Waals surface area contributed by atoms with Crippen LogP contribution in [0.15, 0.2) is 54.9 Å². The first kappa shape index (κ1) is 17.3. The van der Waals surface area contributed by atoms with Crippen LogP contribution >= 0.6 is 0 Å². The molecule has 5 heteroatoms. The molecule has 136 valence electrons. The molecule has 2 heterocycles. The predicted molar refractivity (Wildman–Crippen MR) is 98.5 cm³/mol. The van der Waals surface area contributed by atoms with Gasteiger partial charge < -0.3 is 9.14 Å². The van der Waals surface area contributed by atoms with Gasteiger partial charge in [0, 0.05) is 23.5 Å². The molecule has 0 spiro atoms. The summed E-state index contributed by atoms with van der Waals surface area (Å²) in [6, 6.07) is 14.2. The number of nitriles is 1. The van der Waals surface area contributed by atoms with Gasteiger partial charge in [-0.2, -0.15) is 5.26 Å². The average molecular weight is 362 g/mol. The summed E-state index contributed by atoms with van der Waals surface area (Å²) in [7, 11) is 0. The molecule has 2 aromatic heterocycles. The van der Waals surface area contributed by atoms with Gasteiger partial charge in [0.15, 0.2) is 0 Å². The van der Waals surface area contributed by atoms with E-state index in [1.54, 1.807) is 24.4 Å². The van der Waals surface area contributed by atoms with Crippen molar-refractivity contribution in [3.8, 4) is 6.07 Å². The molecule has 3 aromatic rings. The summed E-state index contributed by atoms with van der Waals surface area (Å²) in [6.07, 6.45) is 6.53. The summed E-state index contributed by atoms with van der Waals surface area (Å²) < 4.78 is 21.9. The highest BCUT2D eigenvalue weighted by Crippen LogP contribution is 2.43. The number of carbonyl (C=O) groups is 1. The fraction of sp³-hybridized carbons (Fsp3) is 0.273. The topological polar surface area (TPSA) is 54.5 Å². The molecule has 4 rings (SSSR count). The Morgan fingerprint density at radius 2 is 1.93 bits per heavy atom. The maximum absolute atomic E-state index is 14.4. The highest BCUT2D eigenvalue weighted by Gasteiger charge is 2.45. The quantitative estimate of drug-likeness (QED) is 0.642. The second-order valence-electron chi connectivity index (χ2n) is 6.98. The molecular weight excluding hydrogens is 343 g/mol. The van der Waals surface area contributed by atoms with Gasteiger partial charge in [-0.15, -0.1) is 0 Å². The van der Waals surface area contributed by atoms with Crippen molar-refractivity contribution in [1.82, 2.24) is 4.40 Å². The molecule has 4 nitrogen and oxygen atoms in total. The maximum Gasteiger partial charge on any atom is 0.317 e. The molecule has 0 radical (unpaired) electrons. The first-order valence-electron chi connectivity index (χ1n) is 9.06. The number of aromatic nitrogens is 1. The van der Waals surface area contributed by atoms with E-state index in [0.29, 0.717) is 29.5 Å². The molecule has 1 aliphatic carbocycles. The number of halogens is 1. The number of hydrogen-bond acceptors (Lipinski definition) is 3. The Morgan fingerprint density at radius 3 is 2.67 bits per heavy atom. The van der Waals surface area contributed by atoms with Gasteiger partial charge in [0.25, 0.3) is 0 Å². The second kappa shape index (κ2) is 6.88. The van der Waals surface area contributed by atoms with Gasteiger partial charge in [0.2, 0.25) is 0 Å². The Balaban J connectivity index is 1.62. The Hall–Kier alpha value is -3.13. The number of esters is 1. The van der Waals surface area contributed by atoms with Crippen LogP contribution in [0.25, 0.3) is 5.52 Å². The van der Waals surface area contributed by atoms with Gasteiger partial charge in [-0.05, 0) is 31.0 Å². The number of nitrogens with zero attached hydrogens (tertiary/aromatic N) is 2. The third-order valence-electron chi connectivity index (χ3n) is 5.47. The van der Waals surface area contributed by atoms with Gasteiger partial charge in [0.1, 0.15) is 18.5 Å². The van der Waals surface area contributed by atoms with E-state index in [4.69, 9.17) is 4.74 Å². The first-order chi connectivity index (χ1) is 13.2. The van der Waals surface area contributed by atoms with Crippen LogP contribution in [0.4, 0.5) is 4.39 Å². The smallest absolute Gasteiger partial charge is 0.317 e. The highest BCUT2D eigenvalue weighted by molar-refractivity contribution is 5.84. The monoisotopic (exact) mass is 362 g/mol. The van der Waals surface area contributed by atoms with Crippen LogP contribution in [0.1, 0.15) is 42.4 Å². The highest BCUT2D eigenvalue weighted by atomic mass is 19.1. The number of carbonyl (C=O) groups excluding carboxylic acids is 1. The van der Waals surface area contributed by atoms with Crippen molar-refractivity contribution in [2.45, 2.75) is 37.7 Å². The summed E-state index contributed by atoms with van der Waals surface area (Å²) >= 11 is 0. The first-order valence-corrected chi connectivity index (χ1v) is 9.06. The molecule has 0 aliphatic heterocycles. The molecule has 0 unspecified atom stereocenters.